The highest BCUT2D eigenvalue weighted by molar-refractivity contribution is 5.99. The molecule has 0 bridgehead atoms. The predicted octanol–water partition coefficient (Wildman–Crippen LogP) is 0.0961. The lowest BCUT2D eigenvalue weighted by Gasteiger charge is -2.22. The van der Waals surface area contributed by atoms with Crippen LogP contribution in [-0.4, -0.2) is 42.1 Å². The van der Waals surface area contributed by atoms with Crippen molar-refractivity contribution in [1.82, 2.24) is 21.0 Å². The largest absolute Gasteiger partial charge is 0.361 e. The molecule has 7 nitrogen and oxygen atoms in total. The number of nitrogens with zero attached hydrogens (tertiary/aromatic N) is 1. The molecule has 2 aromatic rings. The van der Waals surface area contributed by atoms with E-state index in [0.717, 1.165) is 16.5 Å². The number of fused-ring (bicyclic) bond motifs is 1. The summed E-state index contributed by atoms with van der Waals surface area (Å²) in [5.74, 6) is -0.451. The number of piperazine rings is 1. The molecule has 1 aromatic heterocycles. The van der Waals surface area contributed by atoms with Gasteiger partial charge in [-0.25, -0.2) is 5.43 Å². The number of nitrogens with one attached hydrogen (secondary N) is 4. The van der Waals surface area contributed by atoms with Crippen LogP contribution in [0.4, 0.5) is 0 Å². The summed E-state index contributed by atoms with van der Waals surface area (Å²) in [6, 6.07) is 7.35. The molecule has 22 heavy (non-hydrogen) atoms. The van der Waals surface area contributed by atoms with Crippen LogP contribution >= 0.6 is 0 Å². The van der Waals surface area contributed by atoms with E-state index in [1.807, 2.05) is 30.5 Å². The van der Waals surface area contributed by atoms with Gasteiger partial charge in [-0.1, -0.05) is 18.2 Å². The smallest absolute Gasteiger partial charge is 0.242 e. The summed E-state index contributed by atoms with van der Waals surface area (Å²) in [5.41, 5.74) is 4.36. The molecule has 1 fully saturated rings. The molecular formula is C15H17N5O2. The number of rotatable bonds is 4. The molecule has 1 aromatic carbocycles. The molecule has 7 heteroatoms. The minimum Gasteiger partial charge on any atom is -0.361 e. The standard InChI is InChI=1S/C15H17N5O2/c21-14(7-13-15(22)17-6-5-16-13)20-19-9-10-8-18-12-4-2-1-3-11(10)12/h1-4,8-9,13,16,18H,5-7H2,(H,17,22)(H,20,21)/b19-9-/t13-/m0/s1. The van der Waals surface area contributed by atoms with Crippen molar-refractivity contribution in [2.75, 3.05) is 13.1 Å². The fraction of sp³-hybridized carbons (Fsp3) is 0.267. The second kappa shape index (κ2) is 6.40. The second-order valence-corrected chi connectivity index (χ2v) is 5.08. The molecule has 1 aliphatic heterocycles. The highest BCUT2D eigenvalue weighted by Gasteiger charge is 2.23. The Morgan fingerprint density at radius 2 is 2.23 bits per heavy atom. The summed E-state index contributed by atoms with van der Waals surface area (Å²) in [6.07, 6.45) is 3.48. The molecule has 0 spiro atoms. The Kier molecular flexibility index (Phi) is 4.15. The van der Waals surface area contributed by atoms with Gasteiger partial charge in [0, 0.05) is 35.8 Å². The minimum atomic E-state index is -0.489. The van der Waals surface area contributed by atoms with E-state index in [4.69, 9.17) is 0 Å². The molecule has 2 amide bonds. The van der Waals surface area contributed by atoms with Crippen molar-refractivity contribution in [2.24, 2.45) is 5.10 Å². The van der Waals surface area contributed by atoms with Crippen LogP contribution in [0, 0.1) is 0 Å². The fourth-order valence-electron chi connectivity index (χ4n) is 2.42. The molecule has 0 aliphatic carbocycles. The van der Waals surface area contributed by atoms with Gasteiger partial charge >= 0.3 is 0 Å². The van der Waals surface area contributed by atoms with Gasteiger partial charge in [-0.3, -0.25) is 9.59 Å². The van der Waals surface area contributed by atoms with Crippen molar-refractivity contribution in [3.63, 3.8) is 0 Å². The summed E-state index contributed by atoms with van der Waals surface area (Å²) in [4.78, 5) is 26.5. The van der Waals surface area contributed by atoms with Crippen LogP contribution in [0.2, 0.25) is 0 Å². The van der Waals surface area contributed by atoms with Gasteiger partial charge in [-0.2, -0.15) is 5.10 Å². The molecule has 1 saturated heterocycles. The lowest BCUT2D eigenvalue weighted by Crippen LogP contribution is -2.54. The highest BCUT2D eigenvalue weighted by atomic mass is 16.2. The van der Waals surface area contributed by atoms with Crippen LogP contribution in [-0.2, 0) is 9.59 Å². The third-order valence-corrected chi connectivity index (χ3v) is 3.54. The van der Waals surface area contributed by atoms with Crippen molar-refractivity contribution in [2.45, 2.75) is 12.5 Å². The Labute approximate surface area is 127 Å². The zero-order valence-corrected chi connectivity index (χ0v) is 11.9. The van der Waals surface area contributed by atoms with E-state index in [2.05, 4.69) is 26.1 Å². The van der Waals surface area contributed by atoms with Crippen molar-refractivity contribution in [1.29, 1.82) is 0 Å². The third kappa shape index (κ3) is 3.15. The molecule has 0 radical (unpaired) electrons. The number of aromatic amines is 1. The molecule has 2 heterocycles. The Balaban J connectivity index is 1.57. The van der Waals surface area contributed by atoms with Crippen LogP contribution < -0.4 is 16.1 Å². The Morgan fingerprint density at radius 1 is 1.36 bits per heavy atom. The van der Waals surface area contributed by atoms with Crippen molar-refractivity contribution in [3.8, 4) is 0 Å². The number of aromatic nitrogens is 1. The van der Waals surface area contributed by atoms with Crippen molar-refractivity contribution >= 4 is 28.9 Å². The average molecular weight is 299 g/mol. The number of hydrogen-bond donors (Lipinski definition) is 4. The van der Waals surface area contributed by atoms with E-state index in [-0.39, 0.29) is 18.2 Å². The summed E-state index contributed by atoms with van der Waals surface area (Å²) in [7, 11) is 0. The number of carbonyl (C=O) groups excluding carboxylic acids is 2. The van der Waals surface area contributed by atoms with Crippen LogP contribution in [0.15, 0.2) is 35.6 Å². The summed E-state index contributed by atoms with van der Waals surface area (Å²) >= 11 is 0. The van der Waals surface area contributed by atoms with E-state index < -0.39 is 6.04 Å². The molecule has 0 saturated carbocycles. The first-order valence-corrected chi connectivity index (χ1v) is 7.13. The normalized spacial score (nSPS) is 18.5. The minimum absolute atomic E-state index is 0.0665. The first-order valence-electron chi connectivity index (χ1n) is 7.13. The van der Waals surface area contributed by atoms with Gasteiger partial charge in [-0.05, 0) is 6.07 Å². The first kappa shape index (κ1) is 14.3. The van der Waals surface area contributed by atoms with Crippen molar-refractivity contribution in [3.05, 3.63) is 36.0 Å². The Morgan fingerprint density at radius 3 is 3.09 bits per heavy atom. The molecule has 4 N–H and O–H groups in total. The van der Waals surface area contributed by atoms with Gasteiger partial charge in [0.1, 0.15) is 0 Å². The van der Waals surface area contributed by atoms with E-state index in [0.29, 0.717) is 13.1 Å². The number of carbonyl (C=O) groups is 2. The second-order valence-electron chi connectivity index (χ2n) is 5.08. The van der Waals surface area contributed by atoms with Gasteiger partial charge in [0.25, 0.3) is 0 Å². The van der Waals surface area contributed by atoms with Gasteiger partial charge in [-0.15, -0.1) is 0 Å². The maximum absolute atomic E-state index is 11.8. The first-order chi connectivity index (χ1) is 10.7. The molecular weight excluding hydrogens is 282 g/mol. The lowest BCUT2D eigenvalue weighted by atomic mass is 10.1. The third-order valence-electron chi connectivity index (χ3n) is 3.54. The molecule has 0 unspecified atom stereocenters. The maximum atomic E-state index is 11.8. The number of hydrazone groups is 1. The average Bonchev–Trinajstić information content (AvgIpc) is 2.93. The van der Waals surface area contributed by atoms with Crippen LogP contribution in [0.1, 0.15) is 12.0 Å². The van der Waals surface area contributed by atoms with Crippen molar-refractivity contribution < 1.29 is 9.59 Å². The van der Waals surface area contributed by atoms with Gasteiger partial charge in [0.05, 0.1) is 18.7 Å². The summed E-state index contributed by atoms with van der Waals surface area (Å²) in [6.45, 7) is 1.26. The fourth-order valence-corrected chi connectivity index (χ4v) is 2.42. The molecule has 1 aliphatic rings. The molecule has 114 valence electrons. The Bertz CT molecular complexity index is 722. The number of hydrogen-bond acceptors (Lipinski definition) is 4. The van der Waals surface area contributed by atoms with Crippen LogP contribution in [0.25, 0.3) is 10.9 Å². The summed E-state index contributed by atoms with van der Waals surface area (Å²) < 4.78 is 0. The lowest BCUT2D eigenvalue weighted by molar-refractivity contribution is -0.129. The maximum Gasteiger partial charge on any atom is 0.242 e. The quantitative estimate of drug-likeness (QED) is 0.476. The van der Waals surface area contributed by atoms with Gasteiger partial charge in [0.2, 0.25) is 11.8 Å². The number of benzene rings is 1. The SMILES string of the molecule is O=C(C[C@@H]1NCCNC1=O)N/N=C\c1c[nH]c2ccccc12. The van der Waals surface area contributed by atoms with E-state index in [1.54, 1.807) is 6.21 Å². The number of amides is 2. The highest BCUT2D eigenvalue weighted by Crippen LogP contribution is 2.15. The zero-order valence-electron chi connectivity index (χ0n) is 11.9. The molecule has 1 atom stereocenters. The summed E-state index contributed by atoms with van der Waals surface area (Å²) in [5, 5.41) is 10.7. The van der Waals surface area contributed by atoms with E-state index >= 15 is 0 Å². The predicted molar refractivity (Wildman–Crippen MR) is 83.5 cm³/mol. The topological polar surface area (TPSA) is 98.4 Å². The Hall–Kier alpha value is -2.67. The molecule has 3 rings (SSSR count). The number of para-hydroxylation sites is 1. The van der Waals surface area contributed by atoms with Gasteiger partial charge < -0.3 is 15.6 Å². The zero-order chi connectivity index (χ0) is 15.4. The van der Waals surface area contributed by atoms with E-state index in [9.17, 15) is 9.59 Å². The van der Waals surface area contributed by atoms with Gasteiger partial charge in [0.15, 0.2) is 0 Å². The van der Waals surface area contributed by atoms with Crippen LogP contribution in [0.3, 0.4) is 0 Å². The monoisotopic (exact) mass is 299 g/mol. The van der Waals surface area contributed by atoms with Crippen LogP contribution in [0.5, 0.6) is 0 Å². The van der Waals surface area contributed by atoms with E-state index in [1.165, 1.54) is 0 Å². The number of H-pyrrole nitrogens is 1.